The number of nitrogens with one attached hydrogen (secondary N) is 1. The van der Waals surface area contributed by atoms with Gasteiger partial charge in [-0.15, -0.1) is 0 Å². The molecule has 86 valence electrons. The molecular weight excluding hydrogens is 194 g/mol. The Kier molecular flexibility index (Phi) is 10.0. The van der Waals surface area contributed by atoms with Crippen molar-refractivity contribution >= 4 is 11.8 Å². The minimum absolute atomic E-state index is 0.367. The SMILES string of the molecule is CC(C)OCCCNCCSC(C)C. The topological polar surface area (TPSA) is 21.3 Å². The van der Waals surface area contributed by atoms with Crippen LogP contribution in [0.3, 0.4) is 0 Å². The molecule has 0 amide bonds. The molecule has 0 aromatic rings. The summed E-state index contributed by atoms with van der Waals surface area (Å²) in [5.74, 6) is 1.21. The quantitative estimate of drug-likeness (QED) is 0.602. The molecule has 0 bridgehead atoms. The fourth-order valence-electron chi connectivity index (χ4n) is 1.01. The van der Waals surface area contributed by atoms with Crippen LogP contribution in [0.5, 0.6) is 0 Å². The Labute approximate surface area is 93.2 Å². The van der Waals surface area contributed by atoms with Crippen LogP contribution in [0.25, 0.3) is 0 Å². The van der Waals surface area contributed by atoms with Gasteiger partial charge in [-0.3, -0.25) is 0 Å². The van der Waals surface area contributed by atoms with E-state index in [4.69, 9.17) is 4.74 Å². The first-order valence-electron chi connectivity index (χ1n) is 5.57. The van der Waals surface area contributed by atoms with Crippen LogP contribution >= 0.6 is 11.8 Å². The van der Waals surface area contributed by atoms with E-state index < -0.39 is 0 Å². The summed E-state index contributed by atoms with van der Waals surface area (Å²) in [6, 6.07) is 0. The molecule has 14 heavy (non-hydrogen) atoms. The molecule has 2 nitrogen and oxygen atoms in total. The second-order valence-electron chi connectivity index (χ2n) is 3.94. The molecule has 0 aromatic heterocycles. The van der Waals surface area contributed by atoms with Crippen molar-refractivity contribution in [3.8, 4) is 0 Å². The summed E-state index contributed by atoms with van der Waals surface area (Å²) in [7, 11) is 0. The normalized spacial score (nSPS) is 11.6. The third-order valence-corrected chi connectivity index (χ3v) is 2.79. The van der Waals surface area contributed by atoms with Gasteiger partial charge in [0.05, 0.1) is 6.10 Å². The summed E-state index contributed by atoms with van der Waals surface area (Å²) >= 11 is 2.01. The molecule has 0 saturated carbocycles. The van der Waals surface area contributed by atoms with E-state index in [1.807, 2.05) is 11.8 Å². The molecule has 0 aliphatic carbocycles. The first-order chi connectivity index (χ1) is 6.63. The second kappa shape index (κ2) is 9.81. The van der Waals surface area contributed by atoms with Crippen LogP contribution in [-0.4, -0.2) is 36.8 Å². The second-order valence-corrected chi connectivity index (χ2v) is 5.63. The average molecular weight is 219 g/mol. The summed E-state index contributed by atoms with van der Waals surface area (Å²) in [4.78, 5) is 0. The standard InChI is InChI=1S/C11H25NOS/c1-10(2)13-8-5-6-12-7-9-14-11(3)4/h10-12H,5-9H2,1-4H3. The third-order valence-electron chi connectivity index (χ3n) is 1.68. The minimum atomic E-state index is 0.367. The summed E-state index contributed by atoms with van der Waals surface area (Å²) in [6.07, 6.45) is 1.48. The lowest BCUT2D eigenvalue weighted by molar-refractivity contribution is 0.0772. The number of rotatable bonds is 9. The van der Waals surface area contributed by atoms with Gasteiger partial charge in [-0.05, 0) is 32.1 Å². The summed E-state index contributed by atoms with van der Waals surface area (Å²) in [5.41, 5.74) is 0. The number of hydrogen-bond acceptors (Lipinski definition) is 3. The highest BCUT2D eigenvalue weighted by Crippen LogP contribution is 2.06. The summed E-state index contributed by atoms with van der Waals surface area (Å²) < 4.78 is 5.44. The first kappa shape index (κ1) is 14.3. The molecule has 0 rings (SSSR count). The molecule has 0 aliphatic rings. The zero-order valence-corrected chi connectivity index (χ0v) is 10.8. The smallest absolute Gasteiger partial charge is 0.0518 e. The van der Waals surface area contributed by atoms with Crippen LogP contribution in [0, 0.1) is 0 Å². The molecule has 3 heteroatoms. The maximum absolute atomic E-state index is 5.44. The lowest BCUT2D eigenvalue weighted by Gasteiger charge is -2.08. The zero-order valence-electron chi connectivity index (χ0n) is 10.0. The molecule has 0 saturated heterocycles. The predicted molar refractivity (Wildman–Crippen MR) is 66.2 cm³/mol. The minimum Gasteiger partial charge on any atom is -0.379 e. The summed E-state index contributed by atoms with van der Waals surface area (Å²) in [6.45, 7) is 11.7. The average Bonchev–Trinajstić information content (AvgIpc) is 2.08. The molecule has 0 aliphatic heterocycles. The highest BCUT2D eigenvalue weighted by molar-refractivity contribution is 7.99. The van der Waals surface area contributed by atoms with E-state index >= 15 is 0 Å². The molecule has 0 heterocycles. The molecule has 0 aromatic carbocycles. The third kappa shape index (κ3) is 12.3. The van der Waals surface area contributed by atoms with Crippen molar-refractivity contribution in [2.24, 2.45) is 0 Å². The van der Waals surface area contributed by atoms with E-state index in [2.05, 4.69) is 33.0 Å². The summed E-state index contributed by atoms with van der Waals surface area (Å²) in [5, 5.41) is 4.16. The monoisotopic (exact) mass is 219 g/mol. The molecule has 0 fully saturated rings. The van der Waals surface area contributed by atoms with Crippen molar-refractivity contribution in [2.45, 2.75) is 45.5 Å². The van der Waals surface area contributed by atoms with Gasteiger partial charge < -0.3 is 10.1 Å². The van der Waals surface area contributed by atoms with E-state index in [-0.39, 0.29) is 0 Å². The van der Waals surface area contributed by atoms with Crippen LogP contribution in [0.1, 0.15) is 34.1 Å². The van der Waals surface area contributed by atoms with Crippen LogP contribution < -0.4 is 5.32 Å². The van der Waals surface area contributed by atoms with Gasteiger partial charge in [-0.2, -0.15) is 11.8 Å². The van der Waals surface area contributed by atoms with Crippen molar-refractivity contribution in [1.82, 2.24) is 5.32 Å². The van der Waals surface area contributed by atoms with E-state index in [1.54, 1.807) is 0 Å². The fourth-order valence-corrected chi connectivity index (χ4v) is 1.74. The first-order valence-corrected chi connectivity index (χ1v) is 6.61. The maximum Gasteiger partial charge on any atom is 0.0518 e. The van der Waals surface area contributed by atoms with Crippen LogP contribution in [-0.2, 0) is 4.74 Å². The van der Waals surface area contributed by atoms with Gasteiger partial charge in [0.25, 0.3) is 0 Å². The Hall–Kier alpha value is 0.270. The van der Waals surface area contributed by atoms with Crippen molar-refractivity contribution in [3.63, 3.8) is 0 Å². The van der Waals surface area contributed by atoms with E-state index in [1.165, 1.54) is 5.75 Å². The van der Waals surface area contributed by atoms with E-state index in [0.29, 0.717) is 6.10 Å². The fraction of sp³-hybridized carbons (Fsp3) is 1.00. The van der Waals surface area contributed by atoms with E-state index in [0.717, 1.165) is 31.4 Å². The molecular formula is C11H25NOS. The molecule has 0 atom stereocenters. The lowest BCUT2D eigenvalue weighted by atomic mass is 10.4. The Balaban J connectivity index is 2.92. The van der Waals surface area contributed by atoms with Gasteiger partial charge >= 0.3 is 0 Å². The Morgan fingerprint density at radius 3 is 2.43 bits per heavy atom. The van der Waals surface area contributed by atoms with Gasteiger partial charge in [0.1, 0.15) is 0 Å². The van der Waals surface area contributed by atoms with Gasteiger partial charge in [-0.1, -0.05) is 13.8 Å². The zero-order chi connectivity index (χ0) is 10.8. The predicted octanol–water partition coefficient (Wildman–Crippen LogP) is 2.53. The Bertz CT molecular complexity index is 104. The number of thioether (sulfide) groups is 1. The van der Waals surface area contributed by atoms with Crippen LogP contribution in [0.2, 0.25) is 0 Å². The van der Waals surface area contributed by atoms with Crippen molar-refractivity contribution in [3.05, 3.63) is 0 Å². The van der Waals surface area contributed by atoms with Gasteiger partial charge in [-0.25, -0.2) is 0 Å². The largest absolute Gasteiger partial charge is 0.379 e. The number of hydrogen-bond donors (Lipinski definition) is 1. The van der Waals surface area contributed by atoms with Crippen molar-refractivity contribution in [2.75, 3.05) is 25.4 Å². The molecule has 0 radical (unpaired) electrons. The Morgan fingerprint density at radius 2 is 1.86 bits per heavy atom. The Morgan fingerprint density at radius 1 is 1.14 bits per heavy atom. The van der Waals surface area contributed by atoms with Gasteiger partial charge in [0.2, 0.25) is 0 Å². The van der Waals surface area contributed by atoms with Gasteiger partial charge in [0.15, 0.2) is 0 Å². The van der Waals surface area contributed by atoms with Crippen LogP contribution in [0.15, 0.2) is 0 Å². The molecule has 1 N–H and O–H groups in total. The number of ether oxygens (including phenoxy) is 1. The van der Waals surface area contributed by atoms with Crippen LogP contribution in [0.4, 0.5) is 0 Å². The molecule has 0 unspecified atom stereocenters. The highest BCUT2D eigenvalue weighted by atomic mass is 32.2. The van der Waals surface area contributed by atoms with Gasteiger partial charge in [0, 0.05) is 18.9 Å². The highest BCUT2D eigenvalue weighted by Gasteiger charge is 1.94. The molecule has 0 spiro atoms. The van der Waals surface area contributed by atoms with E-state index in [9.17, 15) is 0 Å². The van der Waals surface area contributed by atoms with Crippen molar-refractivity contribution in [1.29, 1.82) is 0 Å². The maximum atomic E-state index is 5.44. The lowest BCUT2D eigenvalue weighted by Crippen LogP contribution is -2.20. The van der Waals surface area contributed by atoms with Crippen molar-refractivity contribution < 1.29 is 4.74 Å².